The normalized spacial score (nSPS) is 21.5. The Hall–Kier alpha value is -3.85. The molecule has 2 aromatic rings. The van der Waals surface area contributed by atoms with Crippen LogP contribution in [0.2, 0.25) is 0 Å². The number of likely N-dealkylation sites (N-methyl/N-ethyl adjacent to an activating group) is 1. The van der Waals surface area contributed by atoms with Gasteiger partial charge < -0.3 is 14.7 Å². The number of guanidine groups is 1. The Labute approximate surface area is 198 Å². The predicted octanol–water partition coefficient (Wildman–Crippen LogP) is 2.55. The summed E-state index contributed by atoms with van der Waals surface area (Å²) >= 11 is 0. The second-order valence-electron chi connectivity index (χ2n) is 8.30. The third-order valence-corrected chi connectivity index (χ3v) is 6.23. The number of aliphatic hydroxyl groups is 1. The number of hydrogen-bond donors (Lipinski definition) is 1. The molecular weight excluding hydrogens is 434 g/mol. The highest BCUT2D eigenvalue weighted by atomic mass is 16.5. The number of carbonyl (C=O) groups is 2. The van der Waals surface area contributed by atoms with Gasteiger partial charge in [-0.2, -0.15) is 0 Å². The van der Waals surface area contributed by atoms with Crippen molar-refractivity contribution in [2.75, 3.05) is 31.7 Å². The predicted molar refractivity (Wildman–Crippen MR) is 128 cm³/mol. The van der Waals surface area contributed by atoms with Crippen molar-refractivity contribution >= 4 is 29.3 Å². The number of carbonyl (C=O) groups excluding carboxylic acids is 2. The van der Waals surface area contributed by atoms with Crippen LogP contribution in [0.15, 0.2) is 65.8 Å². The lowest BCUT2D eigenvalue weighted by molar-refractivity contribution is -0.136. The van der Waals surface area contributed by atoms with E-state index in [0.717, 1.165) is 22.7 Å². The standard InChI is InChI=1S/C25H27N5O4/c1-3-34-19-12-10-18(11-13-19)30-20(17-8-5-4-6-9-17)16-29-21-22(26-24(29)30)27(2)25(33)28(23(21)32)14-7-15-31/h4-6,8-13,16,21-22,31H,3,7,14-15H2,1-2H3. The van der Waals surface area contributed by atoms with Crippen LogP contribution in [0.3, 0.4) is 0 Å². The molecule has 1 fully saturated rings. The van der Waals surface area contributed by atoms with Gasteiger partial charge in [-0.15, -0.1) is 0 Å². The highest BCUT2D eigenvalue weighted by molar-refractivity contribution is 6.16. The fourth-order valence-electron chi connectivity index (χ4n) is 4.59. The zero-order valence-corrected chi connectivity index (χ0v) is 19.2. The highest BCUT2D eigenvalue weighted by Gasteiger charge is 2.54. The number of aliphatic imine (C=N–C) groups is 1. The van der Waals surface area contributed by atoms with Gasteiger partial charge in [0.25, 0.3) is 5.91 Å². The van der Waals surface area contributed by atoms with Crippen LogP contribution in [0.4, 0.5) is 10.5 Å². The zero-order chi connectivity index (χ0) is 23.8. The van der Waals surface area contributed by atoms with E-state index in [0.29, 0.717) is 19.0 Å². The van der Waals surface area contributed by atoms with Gasteiger partial charge in [0.05, 0.1) is 12.3 Å². The molecule has 2 aromatic carbocycles. The van der Waals surface area contributed by atoms with Crippen molar-refractivity contribution in [2.24, 2.45) is 4.99 Å². The fourth-order valence-corrected chi connectivity index (χ4v) is 4.59. The number of fused-ring (bicyclic) bond motifs is 3. The number of imide groups is 1. The van der Waals surface area contributed by atoms with Crippen molar-refractivity contribution in [3.63, 3.8) is 0 Å². The number of aliphatic hydroxyl groups excluding tert-OH is 1. The Morgan fingerprint density at radius 2 is 1.79 bits per heavy atom. The molecule has 0 saturated carbocycles. The lowest BCUT2D eigenvalue weighted by Crippen LogP contribution is -2.64. The Morgan fingerprint density at radius 1 is 1.06 bits per heavy atom. The number of ether oxygens (including phenoxy) is 1. The van der Waals surface area contributed by atoms with E-state index in [1.165, 1.54) is 9.80 Å². The topological polar surface area (TPSA) is 88.9 Å². The van der Waals surface area contributed by atoms with Gasteiger partial charge in [0.15, 0.2) is 12.2 Å². The monoisotopic (exact) mass is 461 g/mol. The number of urea groups is 1. The zero-order valence-electron chi connectivity index (χ0n) is 19.2. The maximum absolute atomic E-state index is 13.4. The lowest BCUT2D eigenvalue weighted by atomic mass is 10.1. The first kappa shape index (κ1) is 22.0. The third kappa shape index (κ3) is 3.49. The third-order valence-electron chi connectivity index (χ3n) is 6.23. The fraction of sp³-hybridized carbons (Fsp3) is 0.320. The minimum Gasteiger partial charge on any atom is -0.494 e. The van der Waals surface area contributed by atoms with Crippen molar-refractivity contribution in [1.29, 1.82) is 0 Å². The van der Waals surface area contributed by atoms with Gasteiger partial charge in [-0.1, -0.05) is 30.3 Å². The highest BCUT2D eigenvalue weighted by Crippen LogP contribution is 2.40. The van der Waals surface area contributed by atoms with Crippen LogP contribution in [0.25, 0.3) is 5.70 Å². The molecule has 176 valence electrons. The molecular formula is C25H27N5O4. The molecule has 1 saturated heterocycles. The van der Waals surface area contributed by atoms with Crippen molar-refractivity contribution in [1.82, 2.24) is 14.7 Å². The summed E-state index contributed by atoms with van der Waals surface area (Å²) in [4.78, 5) is 37.7. The SMILES string of the molecule is CCOc1ccc(N2C(c3ccccc3)=CN3C2=NC2C3C(=O)N(CCCO)C(=O)N2C)cc1. The van der Waals surface area contributed by atoms with Gasteiger partial charge in [0, 0.05) is 37.7 Å². The molecule has 34 heavy (non-hydrogen) atoms. The summed E-state index contributed by atoms with van der Waals surface area (Å²) < 4.78 is 5.60. The quantitative estimate of drug-likeness (QED) is 0.682. The van der Waals surface area contributed by atoms with Crippen LogP contribution in [0.1, 0.15) is 18.9 Å². The Balaban J connectivity index is 1.56. The average Bonchev–Trinajstić information content (AvgIpc) is 3.41. The number of nitrogens with zero attached hydrogens (tertiary/aromatic N) is 5. The average molecular weight is 462 g/mol. The molecule has 0 aromatic heterocycles. The Morgan fingerprint density at radius 3 is 2.47 bits per heavy atom. The van der Waals surface area contributed by atoms with Gasteiger partial charge in [-0.3, -0.25) is 19.5 Å². The van der Waals surface area contributed by atoms with Crippen LogP contribution in [-0.4, -0.2) is 76.7 Å². The molecule has 0 spiro atoms. The van der Waals surface area contributed by atoms with Crippen LogP contribution in [0, 0.1) is 0 Å². The maximum Gasteiger partial charge on any atom is 0.328 e. The first-order valence-electron chi connectivity index (χ1n) is 11.4. The minimum absolute atomic E-state index is 0.0933. The van der Waals surface area contributed by atoms with E-state index in [1.54, 1.807) is 7.05 Å². The second kappa shape index (κ2) is 8.83. The van der Waals surface area contributed by atoms with Gasteiger partial charge in [0.2, 0.25) is 5.96 Å². The van der Waals surface area contributed by atoms with Crippen LogP contribution < -0.4 is 9.64 Å². The van der Waals surface area contributed by atoms with Gasteiger partial charge in [-0.05, 0) is 37.6 Å². The smallest absolute Gasteiger partial charge is 0.328 e. The van der Waals surface area contributed by atoms with E-state index in [1.807, 2.05) is 77.5 Å². The van der Waals surface area contributed by atoms with Crippen molar-refractivity contribution in [3.8, 4) is 5.75 Å². The summed E-state index contributed by atoms with van der Waals surface area (Å²) in [6, 6.07) is 16.6. The lowest BCUT2D eigenvalue weighted by Gasteiger charge is -2.40. The van der Waals surface area contributed by atoms with E-state index in [-0.39, 0.29) is 19.1 Å². The van der Waals surface area contributed by atoms with Gasteiger partial charge in [0.1, 0.15) is 5.75 Å². The summed E-state index contributed by atoms with van der Waals surface area (Å²) in [6.07, 6.45) is 1.64. The minimum atomic E-state index is -0.664. The molecule has 9 nitrogen and oxygen atoms in total. The summed E-state index contributed by atoms with van der Waals surface area (Å²) in [6.45, 7) is 2.60. The number of anilines is 1. The number of hydrogen-bond acceptors (Lipinski definition) is 7. The van der Waals surface area contributed by atoms with Gasteiger partial charge in [-0.25, -0.2) is 9.79 Å². The summed E-state index contributed by atoms with van der Waals surface area (Å²) in [5, 5.41) is 9.23. The Kier molecular flexibility index (Phi) is 5.70. The summed E-state index contributed by atoms with van der Waals surface area (Å²) in [5.74, 6) is 1.06. The molecule has 2 atom stereocenters. The molecule has 1 N–H and O–H groups in total. The van der Waals surface area contributed by atoms with Crippen LogP contribution in [0.5, 0.6) is 5.75 Å². The molecule has 3 aliphatic rings. The molecule has 5 rings (SSSR count). The molecule has 3 heterocycles. The van der Waals surface area contributed by atoms with E-state index in [9.17, 15) is 14.7 Å². The van der Waals surface area contributed by atoms with Gasteiger partial charge >= 0.3 is 6.03 Å². The molecule has 9 heteroatoms. The molecule has 0 bridgehead atoms. The van der Waals surface area contributed by atoms with Crippen molar-refractivity contribution in [2.45, 2.75) is 25.6 Å². The molecule has 3 amide bonds. The van der Waals surface area contributed by atoms with E-state index >= 15 is 0 Å². The summed E-state index contributed by atoms with van der Waals surface area (Å²) in [7, 11) is 1.66. The molecule has 3 aliphatic heterocycles. The first-order valence-corrected chi connectivity index (χ1v) is 11.4. The Bertz CT molecular complexity index is 1150. The number of amides is 3. The molecule has 0 radical (unpaired) electrons. The molecule has 2 unspecified atom stereocenters. The number of benzene rings is 2. The second-order valence-corrected chi connectivity index (χ2v) is 8.30. The van der Waals surface area contributed by atoms with Crippen molar-refractivity contribution < 1.29 is 19.4 Å². The largest absolute Gasteiger partial charge is 0.494 e. The number of rotatable bonds is 7. The van der Waals surface area contributed by atoms with E-state index < -0.39 is 18.2 Å². The summed E-state index contributed by atoms with van der Waals surface area (Å²) in [5.41, 5.74) is 2.74. The maximum atomic E-state index is 13.4. The van der Waals surface area contributed by atoms with Crippen molar-refractivity contribution in [3.05, 3.63) is 66.4 Å². The van der Waals surface area contributed by atoms with E-state index in [4.69, 9.17) is 9.73 Å². The first-order chi connectivity index (χ1) is 16.5. The van der Waals surface area contributed by atoms with E-state index in [2.05, 4.69) is 0 Å². The van der Waals surface area contributed by atoms with Crippen LogP contribution >= 0.6 is 0 Å². The molecule has 0 aliphatic carbocycles. The van der Waals surface area contributed by atoms with Crippen LogP contribution in [-0.2, 0) is 4.79 Å².